The normalized spacial score (nSPS) is 11.6. The molecule has 0 fully saturated rings. The van der Waals surface area contributed by atoms with E-state index in [1.807, 2.05) is 50.5 Å². The fourth-order valence-electron chi connectivity index (χ4n) is 3.81. The minimum Gasteiger partial charge on any atom is -0.444 e. The summed E-state index contributed by atoms with van der Waals surface area (Å²) in [6.07, 6.45) is 4.20. The van der Waals surface area contributed by atoms with E-state index < -0.39 is 11.7 Å². The number of aromatic nitrogens is 3. The summed E-state index contributed by atoms with van der Waals surface area (Å²) in [6, 6.07) is 16.9. The maximum absolute atomic E-state index is 12.0. The number of nitrogens with one attached hydrogen (secondary N) is 1. The van der Waals surface area contributed by atoms with Crippen molar-refractivity contribution in [1.29, 1.82) is 0 Å². The minimum atomic E-state index is -0.521. The number of halogens is 1. The molecule has 6 nitrogen and oxygen atoms in total. The Kier molecular flexibility index (Phi) is 7.03. The van der Waals surface area contributed by atoms with E-state index >= 15 is 0 Å². The van der Waals surface area contributed by atoms with Crippen LogP contribution in [-0.2, 0) is 17.7 Å². The van der Waals surface area contributed by atoms with Crippen LogP contribution in [0.4, 0.5) is 4.79 Å². The number of alkyl halides is 1. The molecule has 2 aromatic carbocycles. The molecule has 0 saturated carbocycles. The van der Waals surface area contributed by atoms with E-state index in [1.54, 1.807) is 6.33 Å². The smallest absolute Gasteiger partial charge is 0.407 e. The third-order valence-electron chi connectivity index (χ3n) is 5.51. The molecule has 0 radical (unpaired) electrons. The zero-order chi connectivity index (χ0) is 24.3. The average molecular weight is 521 g/mol. The third-order valence-corrected chi connectivity index (χ3v) is 5.91. The minimum absolute atomic E-state index is 0.403. The summed E-state index contributed by atoms with van der Waals surface area (Å²) in [4.78, 5) is 16.6. The highest BCUT2D eigenvalue weighted by Gasteiger charge is 2.16. The molecule has 0 unspecified atom stereocenters. The van der Waals surface area contributed by atoms with E-state index in [0.717, 1.165) is 50.8 Å². The Hall–Kier alpha value is -3.19. The summed E-state index contributed by atoms with van der Waals surface area (Å²) in [7, 11) is 0. The molecule has 7 heteroatoms. The van der Waals surface area contributed by atoms with Crippen LogP contribution >= 0.6 is 15.9 Å². The second-order valence-corrected chi connectivity index (χ2v) is 10.1. The lowest BCUT2D eigenvalue weighted by molar-refractivity contribution is 0.0523. The monoisotopic (exact) mass is 520 g/mol. The quantitative estimate of drug-likeness (QED) is 0.301. The van der Waals surface area contributed by atoms with Crippen LogP contribution in [0, 0.1) is 6.92 Å². The van der Waals surface area contributed by atoms with E-state index in [-0.39, 0.29) is 0 Å². The van der Waals surface area contributed by atoms with Crippen molar-refractivity contribution in [2.75, 3.05) is 5.33 Å². The van der Waals surface area contributed by atoms with Gasteiger partial charge in [0, 0.05) is 29.2 Å². The first-order chi connectivity index (χ1) is 16.2. The van der Waals surface area contributed by atoms with Gasteiger partial charge in [0.25, 0.3) is 0 Å². The van der Waals surface area contributed by atoms with Crippen molar-refractivity contribution in [3.05, 3.63) is 77.7 Å². The summed E-state index contributed by atoms with van der Waals surface area (Å²) in [6.45, 7) is 7.98. The number of carbonyl (C=O) groups is 1. The Morgan fingerprint density at radius 2 is 1.79 bits per heavy atom. The van der Waals surface area contributed by atoms with Crippen LogP contribution in [0.5, 0.6) is 0 Å². The molecule has 0 spiro atoms. The molecule has 0 saturated heterocycles. The maximum atomic E-state index is 12.0. The molecule has 0 aliphatic heterocycles. The van der Waals surface area contributed by atoms with Crippen LogP contribution in [0.2, 0.25) is 0 Å². The summed E-state index contributed by atoms with van der Waals surface area (Å²) in [5, 5.41) is 8.20. The number of fused-ring (bicyclic) bond motifs is 1. The molecule has 0 bridgehead atoms. The zero-order valence-corrected chi connectivity index (χ0v) is 21.5. The highest BCUT2D eigenvalue weighted by molar-refractivity contribution is 9.09. The molecular weight excluding hydrogens is 492 g/mol. The Balaban J connectivity index is 1.57. The van der Waals surface area contributed by atoms with Crippen molar-refractivity contribution < 1.29 is 9.53 Å². The van der Waals surface area contributed by atoms with Crippen molar-refractivity contribution in [3.8, 4) is 22.4 Å². The van der Waals surface area contributed by atoms with Crippen LogP contribution in [0.1, 0.15) is 37.5 Å². The lowest BCUT2D eigenvalue weighted by Crippen LogP contribution is -2.32. The number of rotatable bonds is 6. The Bertz CT molecular complexity index is 1310. The highest BCUT2D eigenvalue weighted by Crippen LogP contribution is 2.29. The van der Waals surface area contributed by atoms with Crippen molar-refractivity contribution in [3.63, 3.8) is 0 Å². The Labute approximate surface area is 208 Å². The summed E-state index contributed by atoms with van der Waals surface area (Å²) >= 11 is 3.50. The molecule has 2 heterocycles. The van der Waals surface area contributed by atoms with Gasteiger partial charge < -0.3 is 10.1 Å². The third kappa shape index (κ3) is 5.65. The van der Waals surface area contributed by atoms with Gasteiger partial charge in [0.1, 0.15) is 11.9 Å². The van der Waals surface area contributed by atoms with Gasteiger partial charge in [0.15, 0.2) is 0 Å². The van der Waals surface area contributed by atoms with Crippen LogP contribution in [0.25, 0.3) is 27.9 Å². The first-order valence-electron chi connectivity index (χ1n) is 11.3. The second kappa shape index (κ2) is 9.97. The molecule has 0 aliphatic carbocycles. The first-order valence-corrected chi connectivity index (χ1v) is 12.4. The molecule has 2 aromatic heterocycles. The lowest BCUT2D eigenvalue weighted by Gasteiger charge is -2.20. The number of benzene rings is 2. The van der Waals surface area contributed by atoms with Gasteiger partial charge in [-0.2, -0.15) is 5.10 Å². The number of alkyl carbamates (subject to hydrolysis) is 1. The Morgan fingerprint density at radius 3 is 2.47 bits per heavy atom. The molecular formula is C27H29BrN4O2. The van der Waals surface area contributed by atoms with Crippen LogP contribution in [0.15, 0.2) is 61.1 Å². The van der Waals surface area contributed by atoms with Crippen molar-refractivity contribution in [2.24, 2.45) is 0 Å². The predicted molar refractivity (Wildman–Crippen MR) is 139 cm³/mol. The fourth-order valence-corrected chi connectivity index (χ4v) is 4.26. The number of nitrogens with zero attached hydrogens (tertiary/aromatic N) is 3. The van der Waals surface area contributed by atoms with E-state index in [4.69, 9.17) is 4.74 Å². The first kappa shape index (κ1) is 24.0. The molecule has 0 aliphatic rings. The summed E-state index contributed by atoms with van der Waals surface area (Å²) in [5.74, 6) is 0. The van der Waals surface area contributed by atoms with Gasteiger partial charge in [-0.3, -0.25) is 0 Å². The molecule has 4 rings (SSSR count). The molecule has 1 amide bonds. The Morgan fingerprint density at radius 1 is 1.06 bits per heavy atom. The van der Waals surface area contributed by atoms with Crippen LogP contribution in [0.3, 0.4) is 0 Å². The van der Waals surface area contributed by atoms with Crippen LogP contribution < -0.4 is 5.32 Å². The second-order valence-electron chi connectivity index (χ2n) is 9.30. The van der Waals surface area contributed by atoms with E-state index in [9.17, 15) is 4.79 Å². The summed E-state index contributed by atoms with van der Waals surface area (Å²) < 4.78 is 7.20. The number of ether oxygens (including phenoxy) is 1. The topological polar surface area (TPSA) is 68.5 Å². The molecule has 176 valence electrons. The van der Waals surface area contributed by atoms with Gasteiger partial charge in [0.05, 0.1) is 11.2 Å². The van der Waals surface area contributed by atoms with Gasteiger partial charge >= 0.3 is 6.09 Å². The molecule has 34 heavy (non-hydrogen) atoms. The predicted octanol–water partition coefficient (Wildman–Crippen LogP) is 6.33. The van der Waals surface area contributed by atoms with Gasteiger partial charge in [0.2, 0.25) is 0 Å². The van der Waals surface area contributed by atoms with Gasteiger partial charge in [-0.1, -0.05) is 52.3 Å². The van der Waals surface area contributed by atoms with Crippen LogP contribution in [-0.4, -0.2) is 31.6 Å². The largest absolute Gasteiger partial charge is 0.444 e. The SMILES string of the molecule is Cc1cc(-c2ncnn3cc(-c4ccc(CCBr)cc4)cc23)ccc1CNC(=O)OC(C)(C)C. The van der Waals surface area contributed by atoms with E-state index in [2.05, 4.69) is 67.7 Å². The lowest BCUT2D eigenvalue weighted by atomic mass is 10.0. The molecule has 4 aromatic rings. The van der Waals surface area contributed by atoms with Gasteiger partial charge in [-0.15, -0.1) is 0 Å². The number of hydrogen-bond donors (Lipinski definition) is 1. The molecule has 1 N–H and O–H groups in total. The van der Waals surface area contributed by atoms with E-state index in [0.29, 0.717) is 6.54 Å². The summed E-state index contributed by atoms with van der Waals surface area (Å²) in [5.41, 5.74) is 7.95. The highest BCUT2D eigenvalue weighted by atomic mass is 79.9. The fraction of sp³-hybridized carbons (Fsp3) is 0.296. The molecule has 0 atom stereocenters. The number of amides is 1. The van der Waals surface area contributed by atoms with Crippen molar-refractivity contribution >= 4 is 27.5 Å². The number of aryl methyl sites for hydroxylation is 2. The van der Waals surface area contributed by atoms with Gasteiger partial charge in [-0.25, -0.2) is 14.3 Å². The standard InChI is InChI=1S/C27H29BrN4O2/c1-18-13-21(9-10-22(18)15-29-26(33)34-27(2,3)4)25-24-14-23(16-32(24)31-17-30-25)20-7-5-19(6-8-20)11-12-28/h5-10,13-14,16-17H,11-12,15H2,1-4H3,(H,29,33). The zero-order valence-electron chi connectivity index (χ0n) is 19.9. The van der Waals surface area contributed by atoms with Crippen molar-refractivity contribution in [1.82, 2.24) is 19.9 Å². The number of carbonyl (C=O) groups excluding carboxylic acids is 1. The van der Waals surface area contributed by atoms with E-state index in [1.165, 1.54) is 5.56 Å². The number of hydrogen-bond acceptors (Lipinski definition) is 4. The average Bonchev–Trinajstić information content (AvgIpc) is 3.22. The van der Waals surface area contributed by atoms with Gasteiger partial charge in [-0.05, 0) is 68.5 Å². The maximum Gasteiger partial charge on any atom is 0.407 e. The van der Waals surface area contributed by atoms with Crippen molar-refractivity contribution in [2.45, 2.75) is 46.3 Å².